The fourth-order valence-electron chi connectivity index (χ4n) is 1.19. The Morgan fingerprint density at radius 1 is 1.50 bits per heavy atom. The molecule has 18 heavy (non-hydrogen) atoms. The van der Waals surface area contributed by atoms with Gasteiger partial charge < -0.3 is 4.74 Å². The van der Waals surface area contributed by atoms with Gasteiger partial charge in [-0.2, -0.15) is 0 Å². The van der Waals surface area contributed by atoms with E-state index in [1.165, 1.54) is 0 Å². The van der Waals surface area contributed by atoms with Crippen molar-refractivity contribution in [3.63, 3.8) is 0 Å². The Kier molecular flexibility index (Phi) is 4.47. The number of non-ortho nitro benzene ring substituents is 1. The summed E-state index contributed by atoms with van der Waals surface area (Å²) in [6.45, 7) is 1.80. The number of ether oxygens (including phenoxy) is 1. The van der Waals surface area contributed by atoms with Crippen molar-refractivity contribution >= 4 is 25.4 Å². The van der Waals surface area contributed by atoms with Crippen LogP contribution in [0, 0.1) is 15.9 Å². The molecule has 1 aromatic carbocycles. The van der Waals surface area contributed by atoms with E-state index in [1.54, 1.807) is 6.92 Å². The van der Waals surface area contributed by atoms with Gasteiger partial charge in [-0.25, -0.2) is 12.8 Å². The van der Waals surface area contributed by atoms with E-state index in [2.05, 4.69) is 0 Å². The van der Waals surface area contributed by atoms with Gasteiger partial charge in [-0.3, -0.25) is 10.1 Å². The molecule has 0 spiro atoms. The number of nitrogens with zero attached hydrogens (tertiary/aromatic N) is 1. The molecular formula is C9H9ClFNO5S. The standard InChI is InChI=1S/C9H9ClFNO5S/c1-2-3-17-9-7(11)4-6(12(13)14)5-8(9)18(10,15)16/h4-5H,2-3H2,1H3. The predicted molar refractivity (Wildman–Crippen MR) is 61.9 cm³/mol. The third-order valence-corrected chi connectivity index (χ3v) is 3.25. The molecular weight excluding hydrogens is 289 g/mol. The van der Waals surface area contributed by atoms with Gasteiger partial charge in [0.1, 0.15) is 4.90 Å². The third-order valence-electron chi connectivity index (χ3n) is 1.92. The van der Waals surface area contributed by atoms with Crippen LogP contribution in [0.25, 0.3) is 0 Å². The zero-order valence-electron chi connectivity index (χ0n) is 9.22. The Morgan fingerprint density at radius 3 is 2.56 bits per heavy atom. The minimum atomic E-state index is -4.34. The van der Waals surface area contributed by atoms with Gasteiger partial charge in [0.15, 0.2) is 11.6 Å². The predicted octanol–water partition coefficient (Wildman–Crippen LogP) is 2.45. The molecule has 1 aromatic rings. The van der Waals surface area contributed by atoms with E-state index >= 15 is 0 Å². The van der Waals surface area contributed by atoms with E-state index in [0.717, 1.165) is 0 Å². The monoisotopic (exact) mass is 297 g/mol. The first-order valence-electron chi connectivity index (χ1n) is 4.82. The van der Waals surface area contributed by atoms with Gasteiger partial charge in [0.2, 0.25) is 0 Å². The molecule has 6 nitrogen and oxygen atoms in total. The quantitative estimate of drug-likeness (QED) is 0.473. The molecule has 100 valence electrons. The second kappa shape index (κ2) is 5.49. The van der Waals surface area contributed by atoms with Crippen LogP contribution in [0.1, 0.15) is 13.3 Å². The van der Waals surface area contributed by atoms with E-state index in [-0.39, 0.29) is 6.61 Å². The molecule has 0 aromatic heterocycles. The number of nitro groups is 1. The molecule has 0 saturated carbocycles. The van der Waals surface area contributed by atoms with Gasteiger partial charge in [-0.1, -0.05) is 6.92 Å². The number of nitro benzene ring substituents is 1. The highest BCUT2D eigenvalue weighted by molar-refractivity contribution is 8.13. The number of hydrogen-bond acceptors (Lipinski definition) is 5. The first-order chi connectivity index (χ1) is 8.27. The molecule has 9 heteroatoms. The minimum Gasteiger partial charge on any atom is -0.489 e. The second-order valence-corrected chi connectivity index (χ2v) is 5.83. The lowest BCUT2D eigenvalue weighted by molar-refractivity contribution is -0.385. The average molecular weight is 298 g/mol. The van der Waals surface area contributed by atoms with E-state index in [4.69, 9.17) is 15.4 Å². The number of halogens is 2. The van der Waals surface area contributed by atoms with Gasteiger partial charge in [0, 0.05) is 16.7 Å². The van der Waals surface area contributed by atoms with Crippen LogP contribution in [-0.2, 0) is 9.05 Å². The van der Waals surface area contributed by atoms with E-state index in [0.29, 0.717) is 18.6 Å². The molecule has 0 radical (unpaired) electrons. The van der Waals surface area contributed by atoms with Gasteiger partial charge in [0.25, 0.3) is 14.7 Å². The summed E-state index contributed by atoms with van der Waals surface area (Å²) in [6.07, 6.45) is 0.512. The van der Waals surface area contributed by atoms with Gasteiger partial charge in [0.05, 0.1) is 17.6 Å². The van der Waals surface area contributed by atoms with Crippen LogP contribution in [-0.4, -0.2) is 19.9 Å². The summed E-state index contributed by atoms with van der Waals surface area (Å²) >= 11 is 0. The molecule has 0 aliphatic rings. The Morgan fingerprint density at radius 2 is 2.11 bits per heavy atom. The molecule has 0 heterocycles. The van der Waals surface area contributed by atoms with Gasteiger partial charge >= 0.3 is 0 Å². The zero-order chi connectivity index (χ0) is 13.9. The van der Waals surface area contributed by atoms with Crippen LogP contribution in [0.2, 0.25) is 0 Å². The summed E-state index contributed by atoms with van der Waals surface area (Å²) < 4.78 is 41.0. The molecule has 0 unspecified atom stereocenters. The van der Waals surface area contributed by atoms with Crippen molar-refractivity contribution in [1.82, 2.24) is 0 Å². The topological polar surface area (TPSA) is 86.5 Å². The summed E-state index contributed by atoms with van der Waals surface area (Å²) in [5.41, 5.74) is -0.712. The maximum atomic E-state index is 13.6. The molecule has 0 aliphatic carbocycles. The summed E-state index contributed by atoms with van der Waals surface area (Å²) in [5, 5.41) is 10.5. The van der Waals surface area contributed by atoms with Crippen LogP contribution in [0.4, 0.5) is 10.1 Å². The Labute approximate surface area is 107 Å². The summed E-state index contributed by atoms with van der Waals surface area (Å²) in [4.78, 5) is 8.85. The minimum absolute atomic E-state index is 0.0636. The summed E-state index contributed by atoms with van der Waals surface area (Å²) in [7, 11) is 0.755. The highest BCUT2D eigenvalue weighted by Gasteiger charge is 2.25. The van der Waals surface area contributed by atoms with Crippen LogP contribution in [0.15, 0.2) is 17.0 Å². The largest absolute Gasteiger partial charge is 0.489 e. The van der Waals surface area contributed by atoms with Crippen LogP contribution >= 0.6 is 10.7 Å². The van der Waals surface area contributed by atoms with Crippen molar-refractivity contribution in [3.8, 4) is 5.75 Å². The normalized spacial score (nSPS) is 11.3. The van der Waals surface area contributed by atoms with Crippen LogP contribution in [0.3, 0.4) is 0 Å². The first-order valence-corrected chi connectivity index (χ1v) is 7.13. The van der Waals surface area contributed by atoms with E-state index < -0.39 is 36.1 Å². The van der Waals surface area contributed by atoms with E-state index in [1.807, 2.05) is 0 Å². The molecule has 0 aliphatic heterocycles. The summed E-state index contributed by atoms with van der Waals surface area (Å²) in [6, 6.07) is 1.24. The molecule has 0 bridgehead atoms. The fourth-order valence-corrected chi connectivity index (χ4v) is 2.17. The third kappa shape index (κ3) is 3.30. The molecule has 0 saturated heterocycles. The van der Waals surface area contributed by atoms with Gasteiger partial charge in [-0.05, 0) is 6.42 Å². The molecule has 0 fully saturated rings. The molecule has 0 amide bonds. The van der Waals surface area contributed by atoms with Crippen molar-refractivity contribution in [2.45, 2.75) is 18.2 Å². The lowest BCUT2D eigenvalue weighted by atomic mass is 10.3. The van der Waals surface area contributed by atoms with Crippen LogP contribution in [0.5, 0.6) is 5.75 Å². The maximum absolute atomic E-state index is 13.6. The number of rotatable bonds is 5. The van der Waals surface area contributed by atoms with Crippen molar-refractivity contribution in [2.75, 3.05) is 6.61 Å². The average Bonchev–Trinajstić information content (AvgIpc) is 2.25. The van der Waals surface area contributed by atoms with Gasteiger partial charge in [-0.15, -0.1) is 0 Å². The first kappa shape index (κ1) is 14.7. The second-order valence-electron chi connectivity index (χ2n) is 3.30. The highest BCUT2D eigenvalue weighted by Crippen LogP contribution is 2.33. The number of hydrogen-bond donors (Lipinski definition) is 0. The molecule has 1 rings (SSSR count). The van der Waals surface area contributed by atoms with Crippen molar-refractivity contribution < 1.29 is 22.5 Å². The lowest BCUT2D eigenvalue weighted by Gasteiger charge is -2.09. The fraction of sp³-hybridized carbons (Fsp3) is 0.333. The molecule has 0 atom stereocenters. The number of benzene rings is 1. The lowest BCUT2D eigenvalue weighted by Crippen LogP contribution is -2.05. The van der Waals surface area contributed by atoms with Crippen molar-refractivity contribution in [3.05, 3.63) is 28.1 Å². The van der Waals surface area contributed by atoms with Crippen molar-refractivity contribution in [1.29, 1.82) is 0 Å². The molecule has 0 N–H and O–H groups in total. The smallest absolute Gasteiger partial charge is 0.273 e. The van der Waals surface area contributed by atoms with E-state index in [9.17, 15) is 22.9 Å². The summed E-state index contributed by atoms with van der Waals surface area (Å²) in [5.74, 6) is -1.74. The Balaban J connectivity index is 3.45. The zero-order valence-corrected chi connectivity index (χ0v) is 10.8. The Hall–Kier alpha value is -1.41. The van der Waals surface area contributed by atoms with Crippen molar-refractivity contribution in [2.24, 2.45) is 0 Å². The van der Waals surface area contributed by atoms with Crippen LogP contribution < -0.4 is 4.74 Å². The SMILES string of the molecule is CCCOc1c(F)cc([N+](=O)[O-])cc1S(=O)(=O)Cl. The highest BCUT2D eigenvalue weighted by atomic mass is 35.7. The Bertz CT molecular complexity index is 575. The maximum Gasteiger partial charge on any atom is 0.273 e.